The summed E-state index contributed by atoms with van der Waals surface area (Å²) in [7, 11) is 1.74. The molecule has 7 heteroatoms. The summed E-state index contributed by atoms with van der Waals surface area (Å²) in [6, 6.07) is 8.25. The van der Waals surface area contributed by atoms with E-state index in [4.69, 9.17) is 19.2 Å². The van der Waals surface area contributed by atoms with Crippen LogP contribution in [0.4, 0.5) is 5.69 Å². The Morgan fingerprint density at radius 2 is 2.13 bits per heavy atom. The van der Waals surface area contributed by atoms with Crippen molar-refractivity contribution in [3.63, 3.8) is 0 Å². The molecule has 30 heavy (non-hydrogen) atoms. The van der Waals surface area contributed by atoms with Gasteiger partial charge in [-0.2, -0.15) is 0 Å². The van der Waals surface area contributed by atoms with Crippen LogP contribution in [0.5, 0.6) is 5.75 Å². The van der Waals surface area contributed by atoms with Gasteiger partial charge in [0.25, 0.3) is 0 Å². The van der Waals surface area contributed by atoms with Gasteiger partial charge in [-0.1, -0.05) is 12.1 Å². The molecule has 0 aromatic heterocycles. The molecule has 1 aromatic carbocycles. The topological polar surface area (TPSA) is 67.4 Å². The van der Waals surface area contributed by atoms with E-state index < -0.39 is 0 Å². The molecule has 2 aliphatic heterocycles. The summed E-state index contributed by atoms with van der Waals surface area (Å²) < 4.78 is 16.7. The maximum atomic E-state index is 5.78. The second kappa shape index (κ2) is 12.6. The first kappa shape index (κ1) is 22.7. The molecule has 0 amide bonds. The number of methoxy groups -OCH3 is 1. The molecular formula is C23H38N4O3. The summed E-state index contributed by atoms with van der Waals surface area (Å²) in [6.45, 7) is 10.1. The quantitative estimate of drug-likeness (QED) is 0.327. The second-order valence-corrected chi connectivity index (χ2v) is 8.08. The zero-order valence-electron chi connectivity index (χ0n) is 18.6. The first-order valence-electron chi connectivity index (χ1n) is 11.4. The van der Waals surface area contributed by atoms with E-state index in [0.717, 1.165) is 90.1 Å². The van der Waals surface area contributed by atoms with Gasteiger partial charge in [-0.05, 0) is 44.2 Å². The van der Waals surface area contributed by atoms with E-state index >= 15 is 0 Å². The number of benzene rings is 1. The first-order valence-corrected chi connectivity index (χ1v) is 11.4. The lowest BCUT2D eigenvalue weighted by molar-refractivity contribution is 0.0888. The Labute approximate surface area is 181 Å². The summed E-state index contributed by atoms with van der Waals surface area (Å²) in [5.41, 5.74) is 1.18. The lowest BCUT2D eigenvalue weighted by Gasteiger charge is -2.21. The molecule has 7 nitrogen and oxygen atoms in total. The van der Waals surface area contributed by atoms with Crippen LogP contribution in [-0.2, 0) is 9.47 Å². The Morgan fingerprint density at radius 1 is 1.23 bits per heavy atom. The molecule has 0 spiro atoms. The zero-order chi connectivity index (χ0) is 21.0. The van der Waals surface area contributed by atoms with Crippen LogP contribution in [0.15, 0.2) is 29.3 Å². The molecular weight excluding hydrogens is 380 g/mol. The summed E-state index contributed by atoms with van der Waals surface area (Å²) >= 11 is 0. The van der Waals surface area contributed by atoms with E-state index in [-0.39, 0.29) is 0 Å². The molecule has 0 bridgehead atoms. The molecule has 2 aliphatic rings. The van der Waals surface area contributed by atoms with Gasteiger partial charge in [-0.15, -0.1) is 0 Å². The number of para-hydroxylation sites is 2. The largest absolute Gasteiger partial charge is 0.495 e. The van der Waals surface area contributed by atoms with Gasteiger partial charge in [0.2, 0.25) is 0 Å². The molecule has 2 atom stereocenters. The van der Waals surface area contributed by atoms with Crippen molar-refractivity contribution >= 4 is 11.6 Å². The van der Waals surface area contributed by atoms with E-state index in [1.165, 1.54) is 5.69 Å². The van der Waals surface area contributed by atoms with Gasteiger partial charge in [0.15, 0.2) is 5.96 Å². The van der Waals surface area contributed by atoms with Crippen molar-refractivity contribution in [1.29, 1.82) is 0 Å². The summed E-state index contributed by atoms with van der Waals surface area (Å²) in [5.74, 6) is 2.98. The Balaban J connectivity index is 1.36. The van der Waals surface area contributed by atoms with Gasteiger partial charge in [-0.25, -0.2) is 0 Å². The summed E-state index contributed by atoms with van der Waals surface area (Å²) in [5, 5.41) is 6.79. The monoisotopic (exact) mass is 418 g/mol. The number of anilines is 1. The zero-order valence-corrected chi connectivity index (χ0v) is 18.6. The fraction of sp³-hybridized carbons (Fsp3) is 0.696. The number of rotatable bonds is 11. The molecule has 2 saturated heterocycles. The van der Waals surface area contributed by atoms with Gasteiger partial charge < -0.3 is 29.7 Å². The number of hydrogen-bond acceptors (Lipinski definition) is 5. The summed E-state index contributed by atoms with van der Waals surface area (Å²) in [4.78, 5) is 7.23. The molecule has 2 heterocycles. The van der Waals surface area contributed by atoms with E-state index in [1.807, 2.05) is 12.1 Å². The van der Waals surface area contributed by atoms with Gasteiger partial charge in [-0.3, -0.25) is 4.99 Å². The van der Waals surface area contributed by atoms with Crippen molar-refractivity contribution in [2.75, 3.05) is 71.2 Å². The molecule has 3 rings (SSSR count). The highest BCUT2D eigenvalue weighted by Gasteiger charge is 2.24. The highest BCUT2D eigenvalue weighted by molar-refractivity contribution is 5.79. The van der Waals surface area contributed by atoms with Gasteiger partial charge in [0, 0.05) is 51.9 Å². The maximum Gasteiger partial charge on any atom is 0.191 e. The Hall–Kier alpha value is -1.99. The normalized spacial score (nSPS) is 21.8. The van der Waals surface area contributed by atoms with E-state index in [1.54, 1.807) is 7.11 Å². The third-order valence-corrected chi connectivity index (χ3v) is 5.70. The molecule has 2 N–H and O–H groups in total. The Morgan fingerprint density at radius 3 is 2.93 bits per heavy atom. The van der Waals surface area contributed by atoms with Crippen LogP contribution in [0.3, 0.4) is 0 Å². The molecule has 0 aliphatic carbocycles. The molecule has 0 saturated carbocycles. The number of guanidine groups is 1. The minimum absolute atomic E-state index is 0.558. The predicted molar refractivity (Wildman–Crippen MR) is 122 cm³/mol. The van der Waals surface area contributed by atoms with Crippen LogP contribution in [-0.4, -0.2) is 72.2 Å². The lowest BCUT2D eigenvalue weighted by Crippen LogP contribution is -2.38. The van der Waals surface area contributed by atoms with Crippen LogP contribution in [0.2, 0.25) is 0 Å². The molecule has 1 aromatic rings. The predicted octanol–water partition coefficient (Wildman–Crippen LogP) is 2.52. The average Bonchev–Trinajstić information content (AvgIpc) is 3.46. The second-order valence-electron chi connectivity index (χ2n) is 8.08. The number of hydrogen-bond donors (Lipinski definition) is 2. The van der Waals surface area contributed by atoms with Crippen LogP contribution < -0.4 is 20.3 Å². The van der Waals surface area contributed by atoms with Crippen LogP contribution in [0.25, 0.3) is 0 Å². The fourth-order valence-corrected chi connectivity index (χ4v) is 4.00. The van der Waals surface area contributed by atoms with Crippen molar-refractivity contribution in [3.8, 4) is 5.75 Å². The van der Waals surface area contributed by atoms with E-state index in [0.29, 0.717) is 11.8 Å². The minimum atomic E-state index is 0.558. The van der Waals surface area contributed by atoms with Crippen LogP contribution in [0, 0.1) is 11.8 Å². The Kier molecular flexibility index (Phi) is 9.57. The number of aliphatic imine (C=N–C) groups is 1. The highest BCUT2D eigenvalue weighted by Crippen LogP contribution is 2.31. The first-order chi connectivity index (χ1) is 14.8. The van der Waals surface area contributed by atoms with Crippen molar-refractivity contribution in [2.24, 2.45) is 16.8 Å². The Bertz CT molecular complexity index is 649. The van der Waals surface area contributed by atoms with E-state index in [9.17, 15) is 0 Å². The van der Waals surface area contributed by atoms with Gasteiger partial charge >= 0.3 is 0 Å². The van der Waals surface area contributed by atoms with Gasteiger partial charge in [0.05, 0.1) is 26.0 Å². The minimum Gasteiger partial charge on any atom is -0.495 e. The molecule has 2 unspecified atom stereocenters. The van der Waals surface area contributed by atoms with Crippen LogP contribution in [0.1, 0.15) is 26.2 Å². The van der Waals surface area contributed by atoms with Crippen molar-refractivity contribution < 1.29 is 14.2 Å². The SMILES string of the molecule is CCNC(=NCC1CCN(c2ccccc2OC)C1)NCCCOCC1CCOC1. The van der Waals surface area contributed by atoms with Crippen molar-refractivity contribution in [3.05, 3.63) is 24.3 Å². The van der Waals surface area contributed by atoms with Crippen LogP contribution >= 0.6 is 0 Å². The third kappa shape index (κ3) is 7.06. The number of nitrogens with one attached hydrogen (secondary N) is 2. The number of nitrogens with zero attached hydrogens (tertiary/aromatic N) is 2. The molecule has 0 radical (unpaired) electrons. The standard InChI is InChI=1S/C23H38N4O3/c1-3-24-23(25-11-6-13-29-17-20-10-14-30-18-20)26-15-19-9-12-27(16-19)21-7-4-5-8-22(21)28-2/h4-5,7-8,19-20H,3,6,9-18H2,1-2H3,(H2,24,25,26). The van der Waals surface area contributed by atoms with E-state index in [2.05, 4.69) is 34.6 Å². The average molecular weight is 419 g/mol. The number of ether oxygens (including phenoxy) is 3. The smallest absolute Gasteiger partial charge is 0.191 e. The summed E-state index contributed by atoms with van der Waals surface area (Å²) in [6.07, 6.45) is 3.26. The third-order valence-electron chi connectivity index (χ3n) is 5.70. The van der Waals surface area contributed by atoms with Crippen molar-refractivity contribution in [2.45, 2.75) is 26.2 Å². The maximum absolute atomic E-state index is 5.78. The fourth-order valence-electron chi connectivity index (χ4n) is 4.00. The molecule has 2 fully saturated rings. The highest BCUT2D eigenvalue weighted by atomic mass is 16.5. The molecule has 168 valence electrons. The van der Waals surface area contributed by atoms with Crippen molar-refractivity contribution in [1.82, 2.24) is 10.6 Å². The lowest BCUT2D eigenvalue weighted by atomic mass is 10.1. The van der Waals surface area contributed by atoms with Gasteiger partial charge in [0.1, 0.15) is 5.75 Å².